The smallest absolute Gasteiger partial charge is 0.267 e. The fourth-order valence-electron chi connectivity index (χ4n) is 3.33. The van der Waals surface area contributed by atoms with Crippen molar-refractivity contribution >= 4 is 5.91 Å². The summed E-state index contributed by atoms with van der Waals surface area (Å²) >= 11 is 0. The normalized spacial score (nSPS) is 11.7. The van der Waals surface area contributed by atoms with Crippen LogP contribution in [0.4, 0.5) is 0 Å². The third-order valence-electron chi connectivity index (χ3n) is 5.22. The topological polar surface area (TPSA) is 121 Å². The van der Waals surface area contributed by atoms with E-state index in [4.69, 9.17) is 9.15 Å². The van der Waals surface area contributed by atoms with E-state index < -0.39 is 17.5 Å². The maximum absolute atomic E-state index is 12.7. The van der Waals surface area contributed by atoms with Crippen molar-refractivity contribution in [2.45, 2.75) is 19.5 Å². The third-order valence-corrected chi connectivity index (χ3v) is 5.22. The highest BCUT2D eigenvalue weighted by atomic mass is 16.5. The molecule has 10 heteroatoms. The Kier molecular flexibility index (Phi) is 6.67. The molecular weight excluding hydrogens is 438 g/mol. The molecular formula is C24H23N5O5. The quantitative estimate of drug-likeness (QED) is 0.427. The van der Waals surface area contributed by atoms with Gasteiger partial charge in [-0.2, -0.15) is 10.2 Å². The van der Waals surface area contributed by atoms with Crippen LogP contribution in [0.1, 0.15) is 13.0 Å². The fourth-order valence-corrected chi connectivity index (χ4v) is 3.33. The van der Waals surface area contributed by atoms with Gasteiger partial charge in [-0.25, -0.2) is 9.36 Å². The van der Waals surface area contributed by atoms with Gasteiger partial charge in [-0.15, -0.1) is 0 Å². The van der Waals surface area contributed by atoms with Crippen molar-refractivity contribution in [1.82, 2.24) is 24.9 Å². The Morgan fingerprint density at radius 2 is 1.74 bits per heavy atom. The van der Waals surface area contributed by atoms with E-state index in [0.29, 0.717) is 17.1 Å². The van der Waals surface area contributed by atoms with E-state index in [0.717, 1.165) is 16.0 Å². The van der Waals surface area contributed by atoms with Crippen molar-refractivity contribution in [1.29, 1.82) is 0 Å². The zero-order valence-electron chi connectivity index (χ0n) is 18.7. The summed E-state index contributed by atoms with van der Waals surface area (Å²) in [5, 5.41) is 11.4. The fraction of sp³-hybridized carbons (Fsp3) is 0.208. The molecule has 4 rings (SSSR count). The number of carbonyl (C=O) groups excluding carboxylic acids is 1. The Labute approximate surface area is 194 Å². The minimum atomic E-state index is -0.863. The highest BCUT2D eigenvalue weighted by Gasteiger charge is 2.18. The third kappa shape index (κ3) is 4.96. The Morgan fingerprint density at radius 1 is 1.00 bits per heavy atom. The van der Waals surface area contributed by atoms with Crippen molar-refractivity contribution in [3.05, 3.63) is 87.6 Å². The standard InChI is InChI=1S/C24H23N5O5/c1-16(29-23(31)12-10-20(27-29)21-4-3-15-34-21)24(32)25-13-14-28-22(30)11-9-19(26-28)17-5-7-18(33-2)8-6-17/h3-12,15-16H,13-14H2,1-2H3,(H,25,32). The number of nitrogens with one attached hydrogen (secondary N) is 1. The van der Waals surface area contributed by atoms with Crippen LogP contribution in [0.15, 0.2) is 80.9 Å². The van der Waals surface area contributed by atoms with Crippen molar-refractivity contribution in [2.75, 3.05) is 13.7 Å². The number of methoxy groups -OCH3 is 1. The minimum absolute atomic E-state index is 0.148. The molecule has 3 aromatic heterocycles. The highest BCUT2D eigenvalue weighted by Crippen LogP contribution is 2.19. The van der Waals surface area contributed by atoms with Gasteiger partial charge in [0.05, 0.1) is 25.6 Å². The van der Waals surface area contributed by atoms with Crippen molar-refractivity contribution in [3.8, 4) is 28.5 Å². The van der Waals surface area contributed by atoms with Crippen LogP contribution in [0.2, 0.25) is 0 Å². The lowest BCUT2D eigenvalue weighted by molar-refractivity contribution is -0.124. The zero-order valence-corrected chi connectivity index (χ0v) is 18.7. The van der Waals surface area contributed by atoms with Crippen molar-refractivity contribution < 1.29 is 13.9 Å². The summed E-state index contributed by atoms with van der Waals surface area (Å²) in [4.78, 5) is 37.2. The molecule has 1 amide bonds. The van der Waals surface area contributed by atoms with E-state index in [-0.39, 0.29) is 18.6 Å². The van der Waals surface area contributed by atoms with Gasteiger partial charge >= 0.3 is 0 Å². The van der Waals surface area contributed by atoms with E-state index in [1.807, 2.05) is 24.3 Å². The van der Waals surface area contributed by atoms with E-state index in [1.165, 1.54) is 29.1 Å². The van der Waals surface area contributed by atoms with Crippen molar-refractivity contribution in [2.24, 2.45) is 0 Å². The Morgan fingerprint density at radius 3 is 2.44 bits per heavy atom. The molecule has 0 saturated heterocycles. The van der Waals surface area contributed by atoms with Gasteiger partial charge in [-0.1, -0.05) is 0 Å². The van der Waals surface area contributed by atoms with E-state index in [9.17, 15) is 14.4 Å². The summed E-state index contributed by atoms with van der Waals surface area (Å²) in [6.45, 7) is 1.88. The molecule has 0 aliphatic rings. The lowest BCUT2D eigenvalue weighted by atomic mass is 10.1. The molecule has 1 N–H and O–H groups in total. The monoisotopic (exact) mass is 461 g/mol. The first-order valence-corrected chi connectivity index (χ1v) is 10.6. The lowest BCUT2D eigenvalue weighted by Gasteiger charge is -2.15. The van der Waals surface area contributed by atoms with E-state index in [2.05, 4.69) is 15.5 Å². The number of ether oxygens (including phenoxy) is 1. The molecule has 1 atom stereocenters. The average molecular weight is 461 g/mol. The second kappa shape index (κ2) is 9.99. The number of carbonyl (C=O) groups is 1. The summed E-state index contributed by atoms with van der Waals surface area (Å²) in [5.41, 5.74) is 1.18. The number of furan rings is 1. The maximum atomic E-state index is 12.7. The highest BCUT2D eigenvalue weighted by molar-refractivity contribution is 5.79. The van der Waals surface area contributed by atoms with Crippen LogP contribution in [0.25, 0.3) is 22.7 Å². The molecule has 1 unspecified atom stereocenters. The average Bonchev–Trinajstić information content (AvgIpc) is 3.40. The molecule has 34 heavy (non-hydrogen) atoms. The molecule has 4 aromatic rings. The minimum Gasteiger partial charge on any atom is -0.497 e. The summed E-state index contributed by atoms with van der Waals surface area (Å²) in [6.07, 6.45) is 1.50. The molecule has 0 aliphatic carbocycles. The number of benzene rings is 1. The summed E-state index contributed by atoms with van der Waals surface area (Å²) < 4.78 is 12.9. The predicted molar refractivity (Wildman–Crippen MR) is 124 cm³/mol. The maximum Gasteiger partial charge on any atom is 0.267 e. The molecule has 174 valence electrons. The van der Waals surface area contributed by atoms with Gasteiger partial charge in [-0.3, -0.25) is 14.4 Å². The molecule has 0 aliphatic heterocycles. The first-order chi connectivity index (χ1) is 16.5. The molecule has 3 heterocycles. The van der Waals surface area contributed by atoms with Crippen LogP contribution >= 0.6 is 0 Å². The summed E-state index contributed by atoms with van der Waals surface area (Å²) in [6, 6.07) is 15.8. The number of hydrogen-bond acceptors (Lipinski definition) is 7. The van der Waals surface area contributed by atoms with Crippen LogP contribution in [0.3, 0.4) is 0 Å². The molecule has 0 saturated carbocycles. The first kappa shape index (κ1) is 22.7. The first-order valence-electron chi connectivity index (χ1n) is 10.6. The molecule has 0 spiro atoms. The van der Waals surface area contributed by atoms with Crippen LogP contribution in [-0.2, 0) is 11.3 Å². The SMILES string of the molecule is COc1ccc(-c2ccc(=O)n(CCNC(=O)C(C)n3nc(-c4ccco4)ccc3=O)n2)cc1. The summed E-state index contributed by atoms with van der Waals surface area (Å²) in [7, 11) is 1.59. The molecule has 10 nitrogen and oxygen atoms in total. The lowest BCUT2D eigenvalue weighted by Crippen LogP contribution is -2.39. The van der Waals surface area contributed by atoms with Crippen LogP contribution < -0.4 is 21.2 Å². The Bertz CT molecular complexity index is 1390. The number of aromatic nitrogens is 4. The second-order valence-electron chi connectivity index (χ2n) is 7.45. The molecule has 0 fully saturated rings. The zero-order chi connectivity index (χ0) is 24.1. The molecule has 0 radical (unpaired) electrons. The van der Waals surface area contributed by atoms with Crippen molar-refractivity contribution in [3.63, 3.8) is 0 Å². The number of hydrogen-bond donors (Lipinski definition) is 1. The number of rotatable bonds is 8. The van der Waals surface area contributed by atoms with Gasteiger partial charge in [0.15, 0.2) is 5.76 Å². The number of amides is 1. The predicted octanol–water partition coefficient (Wildman–Crippen LogP) is 2.11. The van der Waals surface area contributed by atoms with Gasteiger partial charge in [0.25, 0.3) is 11.1 Å². The van der Waals surface area contributed by atoms with Gasteiger partial charge in [0.2, 0.25) is 5.91 Å². The summed E-state index contributed by atoms with van der Waals surface area (Å²) in [5.74, 6) is 0.797. The van der Waals surface area contributed by atoms with Gasteiger partial charge < -0.3 is 14.5 Å². The van der Waals surface area contributed by atoms with Crippen LogP contribution in [0, 0.1) is 0 Å². The molecule has 0 bridgehead atoms. The van der Waals surface area contributed by atoms with Gasteiger partial charge in [0.1, 0.15) is 17.5 Å². The number of nitrogens with zero attached hydrogens (tertiary/aromatic N) is 4. The van der Waals surface area contributed by atoms with E-state index in [1.54, 1.807) is 32.2 Å². The molecule has 1 aromatic carbocycles. The van der Waals surface area contributed by atoms with Gasteiger partial charge in [0, 0.05) is 24.2 Å². The Balaban J connectivity index is 1.42. The van der Waals surface area contributed by atoms with Gasteiger partial charge in [-0.05, 0) is 55.5 Å². The largest absolute Gasteiger partial charge is 0.497 e. The Hall–Kier alpha value is -4.47. The van der Waals surface area contributed by atoms with Crippen LogP contribution in [0.5, 0.6) is 5.75 Å². The van der Waals surface area contributed by atoms with Crippen LogP contribution in [-0.4, -0.2) is 39.1 Å². The second-order valence-corrected chi connectivity index (χ2v) is 7.45. The van der Waals surface area contributed by atoms with E-state index >= 15 is 0 Å².